The van der Waals surface area contributed by atoms with Gasteiger partial charge in [0, 0.05) is 23.5 Å². The summed E-state index contributed by atoms with van der Waals surface area (Å²) < 4.78 is 5.34. The Morgan fingerprint density at radius 2 is 2.33 bits per heavy atom. The number of fused-ring (bicyclic) bond motifs is 1. The highest BCUT2D eigenvalue weighted by Gasteiger charge is 2.06. The number of aromatic amines is 1. The Morgan fingerprint density at radius 3 is 3.17 bits per heavy atom. The van der Waals surface area contributed by atoms with E-state index in [0.29, 0.717) is 6.04 Å². The number of nitrogens with zero attached hydrogens (tertiary/aromatic N) is 1. The smallest absolute Gasteiger partial charge is 0.105 e. The number of hydrogen-bond donors (Lipinski definition) is 2. The minimum atomic E-state index is 0.320. The van der Waals surface area contributed by atoms with Gasteiger partial charge in [0.2, 0.25) is 0 Å². The van der Waals surface area contributed by atoms with Gasteiger partial charge in [-0.2, -0.15) is 5.10 Å². The molecule has 0 aliphatic carbocycles. The van der Waals surface area contributed by atoms with Crippen LogP contribution in [-0.4, -0.2) is 16.2 Å². The Balaban J connectivity index is 1.71. The minimum Gasteiger partial charge on any atom is -0.469 e. The second-order valence-corrected chi connectivity index (χ2v) is 4.50. The molecule has 3 rings (SSSR count). The molecule has 3 aromatic rings. The Bertz CT molecular complexity index is 627. The van der Waals surface area contributed by atoms with Crippen LogP contribution in [0.4, 0.5) is 5.69 Å². The number of furan rings is 1. The van der Waals surface area contributed by atoms with Gasteiger partial charge >= 0.3 is 0 Å². The summed E-state index contributed by atoms with van der Waals surface area (Å²) in [7, 11) is 0. The monoisotopic (exact) mass is 241 g/mol. The largest absolute Gasteiger partial charge is 0.469 e. The molecule has 92 valence electrons. The van der Waals surface area contributed by atoms with Crippen molar-refractivity contribution in [2.24, 2.45) is 0 Å². The molecular weight excluding hydrogens is 226 g/mol. The van der Waals surface area contributed by atoms with E-state index in [4.69, 9.17) is 4.42 Å². The number of anilines is 1. The Hall–Kier alpha value is -2.23. The van der Waals surface area contributed by atoms with E-state index in [-0.39, 0.29) is 0 Å². The summed E-state index contributed by atoms with van der Waals surface area (Å²) in [4.78, 5) is 0. The maximum absolute atomic E-state index is 5.34. The summed E-state index contributed by atoms with van der Waals surface area (Å²) in [5.41, 5.74) is 2.15. The van der Waals surface area contributed by atoms with Crippen LogP contribution in [0.3, 0.4) is 0 Å². The Kier molecular flexibility index (Phi) is 2.76. The van der Waals surface area contributed by atoms with Crippen LogP contribution in [0.5, 0.6) is 0 Å². The van der Waals surface area contributed by atoms with Gasteiger partial charge in [0.25, 0.3) is 0 Å². The van der Waals surface area contributed by atoms with E-state index in [9.17, 15) is 0 Å². The quantitative estimate of drug-likeness (QED) is 0.737. The maximum Gasteiger partial charge on any atom is 0.105 e. The lowest BCUT2D eigenvalue weighted by Crippen LogP contribution is -2.17. The molecule has 18 heavy (non-hydrogen) atoms. The van der Waals surface area contributed by atoms with E-state index in [2.05, 4.69) is 34.6 Å². The van der Waals surface area contributed by atoms with Gasteiger partial charge in [0.1, 0.15) is 5.76 Å². The fourth-order valence-electron chi connectivity index (χ4n) is 2.10. The molecule has 0 aliphatic heterocycles. The molecule has 0 radical (unpaired) electrons. The van der Waals surface area contributed by atoms with Crippen LogP contribution in [0.25, 0.3) is 10.9 Å². The maximum atomic E-state index is 5.34. The molecule has 0 saturated heterocycles. The lowest BCUT2D eigenvalue weighted by molar-refractivity contribution is 0.498. The average molecular weight is 241 g/mol. The normalized spacial score (nSPS) is 12.7. The standard InChI is InChI=1S/C14H15N3O/c1-10(7-13-3-2-6-18-13)16-12-4-5-14-11(8-12)9-15-17-14/h2-6,8-10,16H,7H2,1H3,(H,15,17). The molecule has 4 nitrogen and oxygen atoms in total. The van der Waals surface area contributed by atoms with Gasteiger partial charge in [0.05, 0.1) is 18.0 Å². The van der Waals surface area contributed by atoms with Gasteiger partial charge in [0.15, 0.2) is 0 Å². The first kappa shape index (κ1) is 10.9. The summed E-state index contributed by atoms with van der Waals surface area (Å²) in [5.74, 6) is 0.999. The first-order valence-electron chi connectivity index (χ1n) is 6.03. The van der Waals surface area contributed by atoms with Gasteiger partial charge in [-0.15, -0.1) is 0 Å². The van der Waals surface area contributed by atoms with E-state index < -0.39 is 0 Å². The number of nitrogens with one attached hydrogen (secondary N) is 2. The van der Waals surface area contributed by atoms with Gasteiger partial charge < -0.3 is 9.73 Å². The van der Waals surface area contributed by atoms with Gasteiger partial charge in [-0.1, -0.05) is 0 Å². The van der Waals surface area contributed by atoms with Crippen molar-refractivity contribution in [2.45, 2.75) is 19.4 Å². The average Bonchev–Trinajstić information content (AvgIpc) is 2.98. The molecule has 0 spiro atoms. The second kappa shape index (κ2) is 4.56. The fraction of sp³-hybridized carbons (Fsp3) is 0.214. The number of aromatic nitrogens is 2. The molecule has 0 saturated carbocycles. The van der Waals surface area contributed by atoms with Crippen LogP contribution in [0.2, 0.25) is 0 Å². The minimum absolute atomic E-state index is 0.320. The zero-order valence-electron chi connectivity index (χ0n) is 10.2. The third-order valence-electron chi connectivity index (χ3n) is 2.94. The van der Waals surface area contributed by atoms with Gasteiger partial charge in [-0.25, -0.2) is 0 Å². The summed E-state index contributed by atoms with van der Waals surface area (Å²) >= 11 is 0. The van der Waals surface area contributed by atoms with Crippen LogP contribution in [0, 0.1) is 0 Å². The van der Waals surface area contributed by atoms with Crippen molar-refractivity contribution in [3.8, 4) is 0 Å². The van der Waals surface area contributed by atoms with Crippen LogP contribution >= 0.6 is 0 Å². The summed E-state index contributed by atoms with van der Waals surface area (Å²) in [6, 6.07) is 10.4. The Morgan fingerprint density at radius 1 is 1.39 bits per heavy atom. The molecule has 2 heterocycles. The summed E-state index contributed by atoms with van der Waals surface area (Å²) in [5, 5.41) is 11.5. The van der Waals surface area contributed by atoms with Crippen molar-refractivity contribution in [2.75, 3.05) is 5.32 Å². The molecule has 1 aromatic carbocycles. The van der Waals surface area contributed by atoms with E-state index in [1.807, 2.05) is 24.4 Å². The van der Waals surface area contributed by atoms with E-state index in [1.165, 1.54) is 0 Å². The van der Waals surface area contributed by atoms with Crippen molar-refractivity contribution < 1.29 is 4.42 Å². The molecule has 2 aromatic heterocycles. The third-order valence-corrected chi connectivity index (χ3v) is 2.94. The molecule has 2 N–H and O–H groups in total. The first-order chi connectivity index (χ1) is 8.81. The van der Waals surface area contributed by atoms with Crippen LogP contribution < -0.4 is 5.32 Å². The van der Waals surface area contributed by atoms with Crippen LogP contribution in [0.15, 0.2) is 47.2 Å². The highest BCUT2D eigenvalue weighted by Crippen LogP contribution is 2.18. The number of rotatable bonds is 4. The number of hydrogen-bond acceptors (Lipinski definition) is 3. The molecule has 4 heteroatoms. The van der Waals surface area contributed by atoms with Crippen molar-refractivity contribution in [1.29, 1.82) is 0 Å². The molecule has 0 bridgehead atoms. The predicted octanol–water partition coefficient (Wildman–Crippen LogP) is 3.20. The zero-order valence-corrected chi connectivity index (χ0v) is 10.2. The van der Waals surface area contributed by atoms with Crippen LogP contribution in [-0.2, 0) is 6.42 Å². The highest BCUT2D eigenvalue weighted by atomic mass is 16.3. The van der Waals surface area contributed by atoms with Gasteiger partial charge in [-0.3, -0.25) is 5.10 Å². The van der Waals surface area contributed by atoms with Crippen molar-refractivity contribution in [1.82, 2.24) is 10.2 Å². The fourth-order valence-corrected chi connectivity index (χ4v) is 2.10. The predicted molar refractivity (Wildman–Crippen MR) is 71.6 cm³/mol. The third kappa shape index (κ3) is 2.22. The van der Waals surface area contributed by atoms with E-state index >= 15 is 0 Å². The molecule has 1 atom stereocenters. The molecule has 1 unspecified atom stereocenters. The van der Waals surface area contributed by atoms with Gasteiger partial charge in [-0.05, 0) is 37.3 Å². The highest BCUT2D eigenvalue weighted by molar-refractivity contribution is 5.81. The summed E-state index contributed by atoms with van der Waals surface area (Å²) in [6.07, 6.45) is 4.41. The molecule has 0 fully saturated rings. The molecule has 0 amide bonds. The number of H-pyrrole nitrogens is 1. The lowest BCUT2D eigenvalue weighted by atomic mass is 10.1. The topological polar surface area (TPSA) is 53.9 Å². The van der Waals surface area contributed by atoms with Crippen molar-refractivity contribution in [3.63, 3.8) is 0 Å². The zero-order chi connectivity index (χ0) is 12.4. The molecule has 0 aliphatic rings. The summed E-state index contributed by atoms with van der Waals surface area (Å²) in [6.45, 7) is 2.14. The van der Waals surface area contributed by atoms with E-state index in [1.54, 1.807) is 6.26 Å². The van der Waals surface area contributed by atoms with Crippen LogP contribution in [0.1, 0.15) is 12.7 Å². The second-order valence-electron chi connectivity index (χ2n) is 4.50. The van der Waals surface area contributed by atoms with E-state index in [0.717, 1.165) is 28.8 Å². The Labute approximate surface area is 105 Å². The molecular formula is C14H15N3O. The van der Waals surface area contributed by atoms with Crippen molar-refractivity contribution >= 4 is 16.6 Å². The number of benzene rings is 1. The van der Waals surface area contributed by atoms with Crippen molar-refractivity contribution in [3.05, 3.63) is 48.6 Å². The lowest BCUT2D eigenvalue weighted by Gasteiger charge is -2.13. The SMILES string of the molecule is CC(Cc1ccco1)Nc1ccc2[nH]ncc2c1. The first-order valence-corrected chi connectivity index (χ1v) is 6.03.